The van der Waals surface area contributed by atoms with Gasteiger partial charge >= 0.3 is 13.4 Å². The zero-order valence-electron chi connectivity index (χ0n) is 67.5. The quantitative estimate of drug-likeness (QED) is 0.0323. The molecule has 0 aromatic carbocycles. The van der Waals surface area contributed by atoms with E-state index in [1.165, 1.54) is 135 Å². The molecule has 8 aromatic rings. The molecule has 660 valence electrons. The molecular weight excluding hydrogens is 1710 g/mol. The van der Waals surface area contributed by atoms with Crippen LogP contribution in [0, 0.1) is 0 Å². The van der Waals surface area contributed by atoms with E-state index in [2.05, 4.69) is 143 Å². The van der Waals surface area contributed by atoms with E-state index >= 15 is 0 Å². The molecule has 6 fully saturated rings. The molecule has 14 heterocycles. The Morgan fingerprint density at radius 1 is 0.398 bits per heavy atom. The van der Waals surface area contributed by atoms with E-state index in [1.807, 2.05) is 0 Å². The summed E-state index contributed by atoms with van der Waals surface area (Å²) in [7, 11) is 0. The third kappa shape index (κ3) is 23.3. The van der Waals surface area contributed by atoms with Gasteiger partial charge in [0.2, 0.25) is 11.9 Å². The number of ether oxygens (including phenoxy) is 4. The second kappa shape index (κ2) is 42.8. The van der Waals surface area contributed by atoms with Gasteiger partial charge in [-0.3, -0.25) is 31.9 Å². The molecule has 54 heteroatoms. The van der Waals surface area contributed by atoms with E-state index in [1.54, 1.807) is 19.6 Å². The van der Waals surface area contributed by atoms with Gasteiger partial charge in [0.15, 0.2) is 77.6 Å². The lowest BCUT2D eigenvalue weighted by Gasteiger charge is -2.34. The summed E-state index contributed by atoms with van der Waals surface area (Å²) >= 11 is 20.8. The number of nitrogens with one attached hydrogen (secondary N) is 4. The van der Waals surface area contributed by atoms with Crippen molar-refractivity contribution in [1.82, 2.24) is 78.1 Å². The van der Waals surface area contributed by atoms with Gasteiger partial charge in [0.05, 0.1) is 130 Å². The zero-order chi connectivity index (χ0) is 86.5. The van der Waals surface area contributed by atoms with Crippen LogP contribution in [-0.4, -0.2) is 287 Å². The summed E-state index contributed by atoms with van der Waals surface area (Å²) < 4.78 is 87.6. The summed E-state index contributed by atoms with van der Waals surface area (Å²) in [5.41, 5.74) is 36.6. The number of rotatable bonds is 16. The summed E-state index contributed by atoms with van der Waals surface area (Å²) in [5, 5.41) is 44.9. The van der Waals surface area contributed by atoms with Gasteiger partial charge in [-0.25, -0.2) is 39.9 Å². The van der Waals surface area contributed by atoms with Crippen molar-refractivity contribution in [1.29, 1.82) is 0 Å². The summed E-state index contributed by atoms with van der Waals surface area (Å²) in [4.78, 5) is 91.1. The number of fused-ring (bicyclic) bond motifs is 10. The number of quaternary nitrogens is 4. The molecule has 6 aliphatic heterocycles. The van der Waals surface area contributed by atoms with E-state index in [9.17, 15) is 39.7 Å². The normalized spacial score (nSPS) is 31.2. The van der Waals surface area contributed by atoms with Crippen LogP contribution in [0.1, 0.15) is 108 Å². The molecule has 46 nitrogen and oxygen atoms in total. The summed E-state index contributed by atoms with van der Waals surface area (Å²) in [6.45, 7) is 22.5. The van der Waals surface area contributed by atoms with Gasteiger partial charge in [-0.2, -0.15) is 19.9 Å². The molecule has 0 radical (unpaired) electrons. The van der Waals surface area contributed by atoms with Crippen molar-refractivity contribution >= 4 is 154 Å². The van der Waals surface area contributed by atoms with E-state index < -0.39 is 152 Å². The van der Waals surface area contributed by atoms with E-state index in [0.29, 0.717) is 0 Å². The highest BCUT2D eigenvalue weighted by Crippen LogP contribution is 2.56. The molecular formula is C64H112N26O20P4S4+2. The van der Waals surface area contributed by atoms with Crippen LogP contribution >= 0.6 is 27.0 Å². The van der Waals surface area contributed by atoms with Crippen LogP contribution in [0.4, 0.5) is 35.2 Å². The maximum absolute atomic E-state index is 13.4. The van der Waals surface area contributed by atoms with E-state index in [4.69, 9.17) is 137 Å². The largest absolute Gasteiger partial charge is 0.780 e. The Morgan fingerprint density at radius 3 is 1.03 bits per heavy atom. The molecule has 0 aliphatic carbocycles. The number of nitrogens with two attached hydrogens (primary N) is 6. The number of aliphatic hydroxyl groups excluding tert-OH is 4. The average Bonchev–Trinajstić information content (AvgIpc) is 1.60. The third-order valence-electron chi connectivity index (χ3n) is 20.7. The lowest BCUT2D eigenvalue weighted by atomic mass is 10.1. The Labute approximate surface area is 701 Å². The van der Waals surface area contributed by atoms with Crippen molar-refractivity contribution in [3.63, 3.8) is 0 Å². The third-order valence-corrected chi connectivity index (χ3v) is 26.9. The summed E-state index contributed by atoms with van der Waals surface area (Å²) in [6.07, 6.45) is -14.1. The maximum Gasteiger partial charge on any atom is 0.325 e. The number of aromatic nitrogens is 16. The van der Waals surface area contributed by atoms with Gasteiger partial charge in [0.1, 0.15) is 115 Å². The molecule has 4 bridgehead atoms. The number of anilines is 6. The van der Waals surface area contributed by atoms with Gasteiger partial charge in [-0.1, -0.05) is 11.8 Å². The molecule has 22 N–H and O–H groups in total. The molecule has 0 saturated carbocycles. The Balaban J connectivity index is 0.000000203. The summed E-state index contributed by atoms with van der Waals surface area (Å²) in [6, 6.07) is 0. The first-order chi connectivity index (χ1) is 56.0. The van der Waals surface area contributed by atoms with Crippen LogP contribution in [0.3, 0.4) is 0 Å². The SMILES string of the molecule is CC[NH+](CC)CC.CC[NH+](CC)CC.CC[NH+](CC)CC.CC[NH+](CC)CC.Nc1nc(N)c2ncn([C@@H]3O[C@@H]4COP(O)(=S)O[C@@H]5[C@H](O)[C@@H](COP(=O)([S-])OC4[C@H]3O)O[C@H]5n3cnc4c(N)ncnc43)c2n1.Nc1nc(N)c2ncn([C@@H]3O[C@@H]4COP(O)(=S)O[C@@H]5[C@H](O)[C@@H](COP([O-])(=S)OC4[C@H]3O)O[C@H]5n3cnc4c(N)ncnc43)c2n1. The first kappa shape index (κ1) is 96.4. The molecule has 0 spiro atoms. The molecule has 6 aliphatic rings. The van der Waals surface area contributed by atoms with Crippen molar-refractivity contribution in [3.05, 3.63) is 38.0 Å². The Morgan fingerprint density at radius 2 is 0.695 bits per heavy atom. The number of aliphatic hydroxyl groups is 4. The van der Waals surface area contributed by atoms with Crippen molar-refractivity contribution in [2.75, 3.05) is 139 Å². The minimum absolute atomic E-state index is 0.00981. The van der Waals surface area contributed by atoms with Gasteiger partial charge < -0.3 is 147 Å². The molecule has 6 saturated heterocycles. The molecule has 118 heavy (non-hydrogen) atoms. The molecule has 20 atom stereocenters. The highest BCUT2D eigenvalue weighted by Gasteiger charge is 2.55. The Kier molecular flexibility index (Phi) is 35.0. The second-order valence-corrected chi connectivity index (χ2v) is 38.5. The lowest BCUT2D eigenvalue weighted by Crippen LogP contribution is -3.11. The van der Waals surface area contributed by atoms with Gasteiger partial charge in [0.25, 0.3) is 0 Å². The smallest absolute Gasteiger partial charge is 0.325 e. The Hall–Kier alpha value is -5.39. The Bertz CT molecular complexity index is 4440. The number of nitrogen functional groups attached to an aromatic ring is 6. The van der Waals surface area contributed by atoms with Crippen molar-refractivity contribution in [2.24, 2.45) is 0 Å². The predicted octanol–water partition coefficient (Wildman–Crippen LogP) is -4.11. The predicted molar refractivity (Wildman–Crippen MR) is 443 cm³/mol. The van der Waals surface area contributed by atoms with Crippen LogP contribution in [-0.2, 0) is 107 Å². The molecule has 0 amide bonds. The highest BCUT2D eigenvalue weighted by atomic mass is 32.7. The molecule has 14 rings (SSSR count). The van der Waals surface area contributed by atoms with E-state index in [0.717, 1.165) is 0 Å². The van der Waals surface area contributed by atoms with Gasteiger partial charge in [-0.15, -0.1) is 0 Å². The number of imidazole rings is 4. The average molecular weight is 1820 g/mol. The van der Waals surface area contributed by atoms with Crippen LogP contribution in [0.5, 0.6) is 0 Å². The van der Waals surface area contributed by atoms with Crippen LogP contribution in [0.2, 0.25) is 0 Å². The fourth-order valence-corrected chi connectivity index (χ4v) is 19.3. The minimum atomic E-state index is -4.41. The molecule has 6 unspecified atom stereocenters. The van der Waals surface area contributed by atoms with Crippen LogP contribution in [0.25, 0.3) is 44.7 Å². The maximum atomic E-state index is 13.4. The van der Waals surface area contributed by atoms with Crippen molar-refractivity contribution in [2.45, 2.75) is 181 Å². The monoisotopic (exact) mass is 1820 g/mol. The topological polar surface area (TPSA) is 621 Å². The number of nitrogens with zero attached hydrogens (tertiary/aromatic N) is 16. The number of hydrogen-bond donors (Lipinski definition) is 16. The zero-order valence-corrected chi connectivity index (χ0v) is 74.3. The summed E-state index contributed by atoms with van der Waals surface area (Å²) in [5.74, 6) is -0.156. The lowest BCUT2D eigenvalue weighted by molar-refractivity contribution is -0.894. The first-order valence-corrected chi connectivity index (χ1v) is 49.0. The highest BCUT2D eigenvalue weighted by molar-refractivity contribution is 8.32. The van der Waals surface area contributed by atoms with Crippen molar-refractivity contribution < 1.29 is 114 Å². The van der Waals surface area contributed by atoms with Crippen LogP contribution in [0.15, 0.2) is 38.0 Å². The minimum Gasteiger partial charge on any atom is -0.780 e. The van der Waals surface area contributed by atoms with Crippen molar-refractivity contribution in [3.8, 4) is 0 Å². The van der Waals surface area contributed by atoms with Gasteiger partial charge in [0, 0.05) is 0 Å². The van der Waals surface area contributed by atoms with Crippen LogP contribution < -0.4 is 58.9 Å². The first-order valence-electron chi connectivity index (χ1n) is 38.7. The van der Waals surface area contributed by atoms with Gasteiger partial charge in [-0.05, 0) is 107 Å². The van der Waals surface area contributed by atoms with E-state index in [-0.39, 0.29) is 79.8 Å². The fraction of sp³-hybridized carbons (Fsp3) is 0.688. The standard InChI is InChI=1S/2C20H25N11O10P2S2.4C6H15N/c2*21-14-8-16(25-3-24-14)30(4-26-8)19-13-10(32)6(38-19)1-36-42(34,44)40-12-7(2-37-43(35,45)41-13)39-18(11(12)33)31-5-27-9-15(22)28-20(23)29-17(9)31;4*1-4-7(5-2)6-3/h2*3-7,10-13,18-19,32-33H,1-2H2,(H,34,44)(H,35,45)(H2,21,24,25)(H4,22,23,28,29);4*4-6H2,1-3H3/p+2/t2*6-,7-,10-,11-,12?,13-,18-,19-,42?,43?;;;;/m11..../s1. The molecule has 8 aromatic heterocycles. The second-order valence-electron chi connectivity index (χ2n) is 27.5. The number of hydrogen-bond acceptors (Lipinski definition) is 40. The fourth-order valence-electron chi connectivity index (χ4n) is 13.6.